The first-order valence-corrected chi connectivity index (χ1v) is 1.87. The number of rotatable bonds is 2. The fourth-order valence-corrected chi connectivity index (χ4v) is 0.102. The lowest BCUT2D eigenvalue weighted by Gasteiger charge is -1.70. The van der Waals surface area contributed by atoms with Crippen LogP contribution in [-0.2, 0) is 8.89 Å². The van der Waals surface area contributed by atoms with Gasteiger partial charge in [-0.2, -0.15) is 0 Å². The van der Waals surface area contributed by atoms with E-state index in [1.165, 1.54) is 0 Å². The minimum atomic E-state index is -0.710. The van der Waals surface area contributed by atoms with Crippen LogP contribution >= 0.6 is 0 Å². The molecule has 1 radical (unpaired) electrons. The molecule has 0 heterocycles. The predicted molar refractivity (Wildman–Crippen MR) is 17.7 cm³/mol. The van der Waals surface area contributed by atoms with Crippen LogP contribution in [-0.4, -0.2) is 9.65 Å². The molecular weight excluding hydrogens is 84.1 g/mol. The molecule has 0 unspecified atom stereocenters. The third-order valence-corrected chi connectivity index (χ3v) is 0.394. The summed E-state index contributed by atoms with van der Waals surface area (Å²) in [5.74, 6) is 0. The fourth-order valence-electron chi connectivity index (χ4n) is 0.0340. The second kappa shape index (κ2) is 3.56. The lowest BCUT2D eigenvalue weighted by molar-refractivity contribution is 0.439. The molecule has 0 saturated carbocycles. The number of hydrogen-bond acceptors (Lipinski definition) is 2. The summed E-state index contributed by atoms with van der Waals surface area (Å²) in [5, 5.41) is 0. The summed E-state index contributed by atoms with van der Waals surface area (Å²) in [6.45, 7) is 3.14. The Kier molecular flexibility index (Phi) is 3.24. The van der Waals surface area contributed by atoms with Crippen LogP contribution in [0.25, 0.3) is 0 Å². The van der Waals surface area contributed by atoms with E-state index < -0.39 is 9.65 Å². The molecule has 3 heteroatoms. The molecule has 0 aromatic heterocycles. The Bertz CT molecular complexity index is 36.9. The molecule has 0 bridgehead atoms. The van der Waals surface area contributed by atoms with E-state index in [9.17, 15) is 4.46 Å². The summed E-state index contributed by atoms with van der Waals surface area (Å²) >= 11 is 0. The SMILES string of the molecule is C=CO[Si]=O. The molecule has 0 aliphatic carbocycles. The molecule has 0 saturated heterocycles. The van der Waals surface area contributed by atoms with Crippen LogP contribution in [0.4, 0.5) is 0 Å². The van der Waals surface area contributed by atoms with Crippen molar-refractivity contribution in [3.05, 3.63) is 12.8 Å². The van der Waals surface area contributed by atoms with Crippen LogP contribution in [0.15, 0.2) is 12.8 Å². The van der Waals surface area contributed by atoms with Crippen molar-refractivity contribution in [3.63, 3.8) is 0 Å². The Labute approximate surface area is 32.5 Å². The third kappa shape index (κ3) is 3.56. The van der Waals surface area contributed by atoms with E-state index in [0.717, 1.165) is 6.26 Å². The van der Waals surface area contributed by atoms with Crippen molar-refractivity contribution in [3.8, 4) is 0 Å². The van der Waals surface area contributed by atoms with Crippen LogP contribution in [0.3, 0.4) is 0 Å². The van der Waals surface area contributed by atoms with Gasteiger partial charge in [0, 0.05) is 0 Å². The molecule has 0 spiro atoms. The Morgan fingerprint density at radius 3 is 2.60 bits per heavy atom. The van der Waals surface area contributed by atoms with Crippen LogP contribution in [0.2, 0.25) is 0 Å². The maximum atomic E-state index is 9.26. The largest absolute Gasteiger partial charge is 0.599 e. The van der Waals surface area contributed by atoms with E-state index in [0.29, 0.717) is 0 Å². The van der Waals surface area contributed by atoms with Crippen molar-refractivity contribution in [2.45, 2.75) is 0 Å². The summed E-state index contributed by atoms with van der Waals surface area (Å²) in [6, 6.07) is 0. The molecule has 0 aliphatic heterocycles. The first kappa shape index (κ1) is 4.56. The van der Waals surface area contributed by atoms with Crippen molar-refractivity contribution < 1.29 is 8.89 Å². The molecule has 0 atom stereocenters. The highest BCUT2D eigenvalue weighted by Gasteiger charge is 1.62. The van der Waals surface area contributed by atoms with Gasteiger partial charge in [0.1, 0.15) is 0 Å². The minimum Gasteiger partial charge on any atom is -0.491 e. The standard InChI is InChI=1S/C2H3O2Si/c1-2-4-5-3/h2H,1H2. The summed E-state index contributed by atoms with van der Waals surface area (Å²) < 4.78 is 13.3. The normalized spacial score (nSPS) is 5.60. The first-order chi connectivity index (χ1) is 2.41. The van der Waals surface area contributed by atoms with E-state index in [-0.39, 0.29) is 0 Å². The predicted octanol–water partition coefficient (Wildman–Crippen LogP) is 0.111. The van der Waals surface area contributed by atoms with Crippen molar-refractivity contribution in [2.75, 3.05) is 0 Å². The molecule has 27 valence electrons. The second-order valence-corrected chi connectivity index (χ2v) is 0.770. The van der Waals surface area contributed by atoms with Gasteiger partial charge < -0.3 is 8.89 Å². The van der Waals surface area contributed by atoms with Gasteiger partial charge in [0.05, 0.1) is 6.26 Å². The molecule has 0 amide bonds. The maximum absolute atomic E-state index is 9.26. The Morgan fingerprint density at radius 2 is 2.60 bits per heavy atom. The molecular formula is C2H3O2Si. The topological polar surface area (TPSA) is 26.3 Å². The zero-order valence-corrected chi connectivity index (χ0v) is 3.60. The molecule has 5 heavy (non-hydrogen) atoms. The third-order valence-electron chi connectivity index (χ3n) is 0.131. The van der Waals surface area contributed by atoms with E-state index in [1.807, 2.05) is 0 Å². The molecule has 0 fully saturated rings. The van der Waals surface area contributed by atoms with Gasteiger partial charge in [-0.05, 0) is 0 Å². The monoisotopic (exact) mass is 87.0 g/mol. The summed E-state index contributed by atoms with van der Waals surface area (Å²) in [7, 11) is -0.710. The minimum absolute atomic E-state index is 0.710. The average Bonchev–Trinajstić information content (AvgIpc) is 1.41. The molecule has 0 aromatic carbocycles. The van der Waals surface area contributed by atoms with Crippen LogP contribution in [0, 0.1) is 0 Å². The van der Waals surface area contributed by atoms with Crippen molar-refractivity contribution >= 4 is 9.65 Å². The molecule has 0 N–H and O–H groups in total. The van der Waals surface area contributed by atoms with E-state index in [2.05, 4.69) is 11.0 Å². The van der Waals surface area contributed by atoms with Gasteiger partial charge in [-0.1, -0.05) is 6.58 Å². The lowest BCUT2D eigenvalue weighted by Crippen LogP contribution is -1.70. The molecule has 0 aromatic rings. The zero-order chi connectivity index (χ0) is 4.12. The number of hydrogen-bond donors (Lipinski definition) is 0. The highest BCUT2D eigenvalue weighted by Crippen LogP contribution is 1.54. The van der Waals surface area contributed by atoms with E-state index in [1.54, 1.807) is 0 Å². The van der Waals surface area contributed by atoms with Gasteiger partial charge in [-0.25, -0.2) is 0 Å². The van der Waals surface area contributed by atoms with Gasteiger partial charge in [-0.3, -0.25) is 0 Å². The van der Waals surface area contributed by atoms with Crippen LogP contribution < -0.4 is 0 Å². The van der Waals surface area contributed by atoms with Gasteiger partial charge in [0.15, 0.2) is 0 Å². The van der Waals surface area contributed by atoms with E-state index in [4.69, 9.17) is 0 Å². The lowest BCUT2D eigenvalue weighted by atomic mass is 11.2. The van der Waals surface area contributed by atoms with Gasteiger partial charge in [0.2, 0.25) is 0 Å². The zero-order valence-electron chi connectivity index (χ0n) is 2.60. The summed E-state index contributed by atoms with van der Waals surface area (Å²) in [5.41, 5.74) is 0. The maximum Gasteiger partial charge on any atom is 0.599 e. The van der Waals surface area contributed by atoms with Gasteiger partial charge in [0.25, 0.3) is 0 Å². The molecule has 2 nitrogen and oxygen atoms in total. The van der Waals surface area contributed by atoms with E-state index >= 15 is 0 Å². The average molecular weight is 87.1 g/mol. The first-order valence-electron chi connectivity index (χ1n) is 1.05. The van der Waals surface area contributed by atoms with Crippen molar-refractivity contribution in [1.29, 1.82) is 0 Å². The summed E-state index contributed by atoms with van der Waals surface area (Å²) in [6.07, 6.45) is 1.13. The summed E-state index contributed by atoms with van der Waals surface area (Å²) in [4.78, 5) is 0. The van der Waals surface area contributed by atoms with Crippen molar-refractivity contribution in [2.24, 2.45) is 0 Å². The molecule has 0 rings (SSSR count). The second-order valence-electron chi connectivity index (χ2n) is 0.368. The van der Waals surface area contributed by atoms with Gasteiger partial charge >= 0.3 is 9.65 Å². The fraction of sp³-hybridized carbons (Fsp3) is 0. The van der Waals surface area contributed by atoms with Crippen LogP contribution in [0.1, 0.15) is 0 Å². The Hall–Kier alpha value is -0.443. The highest BCUT2D eigenvalue weighted by atomic mass is 28.2. The smallest absolute Gasteiger partial charge is 0.491 e. The highest BCUT2D eigenvalue weighted by molar-refractivity contribution is 6.07. The van der Waals surface area contributed by atoms with Crippen LogP contribution in [0.5, 0.6) is 0 Å². The van der Waals surface area contributed by atoms with Gasteiger partial charge in [-0.15, -0.1) is 0 Å². The van der Waals surface area contributed by atoms with Crippen molar-refractivity contribution in [1.82, 2.24) is 0 Å². The quantitative estimate of drug-likeness (QED) is 0.353. The Morgan fingerprint density at radius 1 is 2.00 bits per heavy atom. The molecule has 0 aliphatic rings. The Balaban J connectivity index is 2.65.